The molecule has 0 aromatic heterocycles. The molecule has 2 aromatic rings. The molecule has 1 unspecified atom stereocenters. The maximum atomic E-state index is 13.4. The normalized spacial score (nSPS) is 13.9. The van der Waals surface area contributed by atoms with Gasteiger partial charge in [-0.3, -0.25) is 0 Å². The van der Waals surface area contributed by atoms with Crippen LogP contribution in [0.4, 0.5) is 4.39 Å². The van der Waals surface area contributed by atoms with Crippen LogP contribution in [0.15, 0.2) is 48.5 Å². The van der Waals surface area contributed by atoms with Crippen LogP contribution in [0.5, 0.6) is 5.75 Å². The third kappa shape index (κ3) is 2.47. The van der Waals surface area contributed by atoms with Gasteiger partial charge < -0.3 is 10.5 Å². The van der Waals surface area contributed by atoms with Crippen molar-refractivity contribution in [2.24, 2.45) is 5.73 Å². The Morgan fingerprint density at radius 1 is 1.16 bits per heavy atom. The molecular formula is C16H18FNO. The Morgan fingerprint density at radius 3 is 2.53 bits per heavy atom. The number of rotatable bonds is 4. The third-order valence-electron chi connectivity index (χ3n) is 3.49. The maximum Gasteiger partial charge on any atom is 0.124 e. The van der Waals surface area contributed by atoms with Gasteiger partial charge in [-0.15, -0.1) is 0 Å². The highest BCUT2D eigenvalue weighted by Gasteiger charge is 2.30. The smallest absolute Gasteiger partial charge is 0.124 e. The number of hydrogen-bond donors (Lipinski definition) is 1. The van der Waals surface area contributed by atoms with Gasteiger partial charge >= 0.3 is 0 Å². The van der Waals surface area contributed by atoms with Gasteiger partial charge in [-0.1, -0.05) is 37.3 Å². The quantitative estimate of drug-likeness (QED) is 0.912. The number of benzene rings is 2. The Hall–Kier alpha value is -1.87. The minimum absolute atomic E-state index is 0.282. The first-order valence-electron chi connectivity index (χ1n) is 6.30. The molecule has 0 aliphatic carbocycles. The van der Waals surface area contributed by atoms with Gasteiger partial charge in [-0.2, -0.15) is 0 Å². The minimum atomic E-state index is -0.755. The van der Waals surface area contributed by atoms with E-state index in [1.165, 1.54) is 12.1 Å². The van der Waals surface area contributed by atoms with Crippen molar-refractivity contribution >= 4 is 0 Å². The maximum absolute atomic E-state index is 13.4. The van der Waals surface area contributed by atoms with Gasteiger partial charge in [0.25, 0.3) is 0 Å². The molecule has 0 spiro atoms. The SMILES string of the molecule is CCC(N)(c1cccc(F)c1)c1ccccc1OC. The lowest BCUT2D eigenvalue weighted by Gasteiger charge is -2.31. The van der Waals surface area contributed by atoms with Crippen LogP contribution in [-0.2, 0) is 5.54 Å². The number of hydrogen-bond acceptors (Lipinski definition) is 2. The van der Waals surface area contributed by atoms with E-state index in [2.05, 4.69) is 0 Å². The van der Waals surface area contributed by atoms with Gasteiger partial charge in [0.2, 0.25) is 0 Å². The van der Waals surface area contributed by atoms with Crippen molar-refractivity contribution in [1.82, 2.24) is 0 Å². The number of halogens is 1. The molecule has 2 N–H and O–H groups in total. The fraction of sp³-hybridized carbons (Fsp3) is 0.250. The summed E-state index contributed by atoms with van der Waals surface area (Å²) in [6, 6.07) is 14.0. The van der Waals surface area contributed by atoms with E-state index >= 15 is 0 Å². The van der Waals surface area contributed by atoms with Crippen LogP contribution < -0.4 is 10.5 Å². The van der Waals surface area contributed by atoms with Gasteiger partial charge in [0.1, 0.15) is 11.6 Å². The summed E-state index contributed by atoms with van der Waals surface area (Å²) in [5, 5.41) is 0. The predicted octanol–water partition coefficient (Wildman–Crippen LogP) is 3.45. The van der Waals surface area contributed by atoms with Gasteiger partial charge in [0.05, 0.1) is 12.6 Å². The second-order valence-electron chi connectivity index (χ2n) is 4.54. The van der Waals surface area contributed by atoms with E-state index in [0.29, 0.717) is 6.42 Å². The molecule has 0 amide bonds. The zero-order valence-corrected chi connectivity index (χ0v) is 11.2. The average Bonchev–Trinajstić information content (AvgIpc) is 2.46. The lowest BCUT2D eigenvalue weighted by atomic mass is 9.81. The van der Waals surface area contributed by atoms with E-state index in [1.807, 2.05) is 37.3 Å². The summed E-state index contributed by atoms with van der Waals surface area (Å²) in [7, 11) is 1.61. The molecule has 100 valence electrons. The highest BCUT2D eigenvalue weighted by molar-refractivity contribution is 5.46. The van der Waals surface area contributed by atoms with Crippen molar-refractivity contribution in [2.45, 2.75) is 18.9 Å². The molecule has 0 saturated carbocycles. The molecule has 0 heterocycles. The summed E-state index contributed by atoms with van der Waals surface area (Å²) in [6.45, 7) is 1.98. The molecule has 2 nitrogen and oxygen atoms in total. The third-order valence-corrected chi connectivity index (χ3v) is 3.49. The molecule has 0 radical (unpaired) electrons. The summed E-state index contributed by atoms with van der Waals surface area (Å²) in [4.78, 5) is 0. The number of ether oxygens (including phenoxy) is 1. The monoisotopic (exact) mass is 259 g/mol. The van der Waals surface area contributed by atoms with Crippen LogP contribution in [0, 0.1) is 5.82 Å². The summed E-state index contributed by atoms with van der Waals surface area (Å²) < 4.78 is 18.8. The zero-order chi connectivity index (χ0) is 13.9. The molecule has 0 fully saturated rings. The largest absolute Gasteiger partial charge is 0.496 e. The topological polar surface area (TPSA) is 35.2 Å². The minimum Gasteiger partial charge on any atom is -0.496 e. The molecule has 19 heavy (non-hydrogen) atoms. The average molecular weight is 259 g/mol. The highest BCUT2D eigenvalue weighted by Crippen LogP contribution is 2.36. The lowest BCUT2D eigenvalue weighted by Crippen LogP contribution is -2.37. The fourth-order valence-electron chi connectivity index (χ4n) is 2.33. The summed E-state index contributed by atoms with van der Waals surface area (Å²) in [6.07, 6.45) is 0.650. The molecule has 0 aliphatic heterocycles. The van der Waals surface area contributed by atoms with Gasteiger partial charge in [-0.05, 0) is 30.2 Å². The first-order valence-corrected chi connectivity index (χ1v) is 6.30. The van der Waals surface area contributed by atoms with Gasteiger partial charge in [-0.25, -0.2) is 4.39 Å². The molecule has 0 aliphatic rings. The molecule has 0 bridgehead atoms. The van der Waals surface area contributed by atoms with Crippen molar-refractivity contribution in [3.05, 3.63) is 65.5 Å². The van der Waals surface area contributed by atoms with Crippen molar-refractivity contribution in [1.29, 1.82) is 0 Å². The molecule has 1 atom stereocenters. The first kappa shape index (κ1) is 13.6. The van der Waals surface area contributed by atoms with Crippen LogP contribution in [0.3, 0.4) is 0 Å². The number of methoxy groups -OCH3 is 1. The van der Waals surface area contributed by atoms with E-state index < -0.39 is 5.54 Å². The van der Waals surface area contributed by atoms with E-state index in [-0.39, 0.29) is 5.82 Å². The van der Waals surface area contributed by atoms with Crippen LogP contribution in [-0.4, -0.2) is 7.11 Å². The second-order valence-corrected chi connectivity index (χ2v) is 4.54. The van der Waals surface area contributed by atoms with Crippen molar-refractivity contribution < 1.29 is 9.13 Å². The number of para-hydroxylation sites is 1. The first-order chi connectivity index (χ1) is 9.11. The van der Waals surface area contributed by atoms with Crippen molar-refractivity contribution in [3.8, 4) is 5.75 Å². The van der Waals surface area contributed by atoms with Crippen LogP contribution >= 0.6 is 0 Å². The molecule has 0 saturated heterocycles. The van der Waals surface area contributed by atoms with E-state index in [0.717, 1.165) is 16.9 Å². The van der Waals surface area contributed by atoms with Crippen molar-refractivity contribution in [2.75, 3.05) is 7.11 Å². The summed E-state index contributed by atoms with van der Waals surface area (Å²) in [5.41, 5.74) is 7.40. The predicted molar refractivity (Wildman–Crippen MR) is 74.7 cm³/mol. The summed E-state index contributed by atoms with van der Waals surface area (Å²) >= 11 is 0. The van der Waals surface area contributed by atoms with Crippen LogP contribution in [0.1, 0.15) is 24.5 Å². The molecular weight excluding hydrogens is 241 g/mol. The van der Waals surface area contributed by atoms with Crippen molar-refractivity contribution in [3.63, 3.8) is 0 Å². The van der Waals surface area contributed by atoms with Gasteiger partial charge in [0, 0.05) is 5.56 Å². The Bertz CT molecular complexity index is 570. The Balaban J connectivity index is 2.59. The standard InChI is InChI=1S/C16H18FNO/c1-3-16(18,12-7-6-8-13(17)11-12)14-9-4-5-10-15(14)19-2/h4-11H,3,18H2,1-2H3. The van der Waals surface area contributed by atoms with Gasteiger partial charge in [0.15, 0.2) is 0 Å². The number of nitrogens with two attached hydrogens (primary N) is 1. The lowest BCUT2D eigenvalue weighted by molar-refractivity contribution is 0.391. The molecule has 2 rings (SSSR count). The fourth-order valence-corrected chi connectivity index (χ4v) is 2.33. The van der Waals surface area contributed by atoms with Crippen LogP contribution in [0.2, 0.25) is 0 Å². The zero-order valence-electron chi connectivity index (χ0n) is 11.2. The Morgan fingerprint density at radius 2 is 1.89 bits per heavy atom. The summed E-state index contributed by atoms with van der Waals surface area (Å²) in [5.74, 6) is 0.437. The Kier molecular flexibility index (Phi) is 3.86. The van der Waals surface area contributed by atoms with E-state index in [9.17, 15) is 4.39 Å². The van der Waals surface area contributed by atoms with Crippen LogP contribution in [0.25, 0.3) is 0 Å². The van der Waals surface area contributed by atoms with E-state index in [1.54, 1.807) is 13.2 Å². The highest BCUT2D eigenvalue weighted by atomic mass is 19.1. The molecule has 3 heteroatoms. The van der Waals surface area contributed by atoms with E-state index in [4.69, 9.17) is 10.5 Å². The Labute approximate surface area is 113 Å². The second kappa shape index (κ2) is 5.41. The molecule has 2 aromatic carbocycles.